The number of rotatable bonds is 5. The molecule has 0 unspecified atom stereocenters. The number of aromatic amines is 1. The first-order chi connectivity index (χ1) is 9.74. The lowest BCUT2D eigenvalue weighted by atomic mass is 10.1. The minimum absolute atomic E-state index is 0.0971. The number of hydrogen-bond donors (Lipinski definition) is 3. The van der Waals surface area contributed by atoms with Crippen LogP contribution in [0.1, 0.15) is 35.7 Å². The van der Waals surface area contributed by atoms with Crippen LogP contribution >= 0.6 is 0 Å². The van der Waals surface area contributed by atoms with Gasteiger partial charge in [-0.05, 0) is 24.0 Å². The molecule has 5 nitrogen and oxygen atoms in total. The molecule has 1 fully saturated rings. The average Bonchev–Trinajstić information content (AvgIpc) is 3.29. The highest BCUT2D eigenvalue weighted by Gasteiger charge is 2.26. The van der Waals surface area contributed by atoms with Crippen molar-refractivity contribution in [2.75, 3.05) is 5.32 Å². The smallest absolute Gasteiger partial charge is 0.252 e. The van der Waals surface area contributed by atoms with Crippen molar-refractivity contribution in [1.29, 1.82) is 0 Å². The Hall–Kier alpha value is -2.14. The van der Waals surface area contributed by atoms with Crippen molar-refractivity contribution in [2.45, 2.75) is 31.8 Å². The molecular formula is C15H18N4O. The summed E-state index contributed by atoms with van der Waals surface area (Å²) in [7, 11) is 0. The predicted octanol–water partition coefficient (Wildman–Crippen LogP) is 1.72. The molecular weight excluding hydrogens is 252 g/mol. The standard InChI is InChI=1S/C15H18N4O/c16-8-10-2-1-3-11(6-10)9-17-13-7-14(20)19-15(18-13)12-4-5-12/h1-3,6-7,12H,4-5,8-9,16H2,(H2,17,18,19,20). The van der Waals surface area contributed by atoms with Crippen molar-refractivity contribution in [2.24, 2.45) is 5.73 Å². The van der Waals surface area contributed by atoms with Crippen molar-refractivity contribution in [3.05, 3.63) is 57.6 Å². The number of nitrogens with one attached hydrogen (secondary N) is 2. The fraction of sp³-hybridized carbons (Fsp3) is 0.333. The SMILES string of the molecule is NCc1cccc(CNc2cc(=O)[nH]c(C3CC3)n2)c1. The van der Waals surface area contributed by atoms with E-state index in [2.05, 4.69) is 21.4 Å². The second-order valence-corrected chi connectivity index (χ2v) is 5.17. The van der Waals surface area contributed by atoms with E-state index in [0.717, 1.165) is 29.8 Å². The number of aromatic nitrogens is 2. The molecule has 1 aliphatic carbocycles. The van der Waals surface area contributed by atoms with Crippen LogP contribution in [-0.2, 0) is 13.1 Å². The average molecular weight is 270 g/mol. The molecule has 0 atom stereocenters. The maximum absolute atomic E-state index is 11.6. The maximum Gasteiger partial charge on any atom is 0.252 e. The van der Waals surface area contributed by atoms with E-state index in [0.29, 0.717) is 24.8 Å². The summed E-state index contributed by atoms with van der Waals surface area (Å²) in [6.45, 7) is 1.16. The molecule has 0 saturated heterocycles. The zero-order valence-corrected chi connectivity index (χ0v) is 11.2. The third-order valence-electron chi connectivity index (χ3n) is 3.42. The highest BCUT2D eigenvalue weighted by Crippen LogP contribution is 2.37. The van der Waals surface area contributed by atoms with Crippen molar-refractivity contribution < 1.29 is 0 Å². The topological polar surface area (TPSA) is 83.8 Å². The molecule has 1 saturated carbocycles. The number of anilines is 1. The molecule has 3 rings (SSSR count). The lowest BCUT2D eigenvalue weighted by Gasteiger charge is -2.08. The fourth-order valence-corrected chi connectivity index (χ4v) is 2.18. The van der Waals surface area contributed by atoms with E-state index in [1.54, 1.807) is 0 Å². The Morgan fingerprint density at radius 1 is 1.30 bits per heavy atom. The zero-order chi connectivity index (χ0) is 13.9. The molecule has 1 aliphatic rings. The van der Waals surface area contributed by atoms with E-state index in [9.17, 15) is 4.79 Å². The number of H-pyrrole nitrogens is 1. The lowest BCUT2D eigenvalue weighted by Crippen LogP contribution is -2.13. The molecule has 5 heteroatoms. The van der Waals surface area contributed by atoms with Gasteiger partial charge in [0.05, 0.1) is 0 Å². The van der Waals surface area contributed by atoms with Crippen LogP contribution in [0.4, 0.5) is 5.82 Å². The molecule has 0 amide bonds. The van der Waals surface area contributed by atoms with Crippen LogP contribution < -0.4 is 16.6 Å². The Kier molecular flexibility index (Phi) is 3.52. The van der Waals surface area contributed by atoms with Gasteiger partial charge in [0, 0.05) is 25.1 Å². The molecule has 2 aromatic rings. The highest BCUT2D eigenvalue weighted by molar-refractivity contribution is 5.36. The van der Waals surface area contributed by atoms with Crippen molar-refractivity contribution in [3.8, 4) is 0 Å². The van der Waals surface area contributed by atoms with E-state index < -0.39 is 0 Å². The third kappa shape index (κ3) is 3.05. The van der Waals surface area contributed by atoms with Gasteiger partial charge in [-0.15, -0.1) is 0 Å². The Morgan fingerprint density at radius 3 is 2.85 bits per heavy atom. The van der Waals surface area contributed by atoms with Crippen LogP contribution in [0.15, 0.2) is 35.1 Å². The Morgan fingerprint density at radius 2 is 2.10 bits per heavy atom. The van der Waals surface area contributed by atoms with Gasteiger partial charge >= 0.3 is 0 Å². The van der Waals surface area contributed by atoms with Gasteiger partial charge in [-0.1, -0.05) is 24.3 Å². The first-order valence-corrected chi connectivity index (χ1v) is 6.87. The first-order valence-electron chi connectivity index (χ1n) is 6.87. The zero-order valence-electron chi connectivity index (χ0n) is 11.2. The number of hydrogen-bond acceptors (Lipinski definition) is 4. The fourth-order valence-electron chi connectivity index (χ4n) is 2.18. The normalized spacial score (nSPS) is 14.2. The van der Waals surface area contributed by atoms with Crippen LogP contribution in [0.2, 0.25) is 0 Å². The van der Waals surface area contributed by atoms with Gasteiger partial charge in [0.25, 0.3) is 5.56 Å². The molecule has 104 valence electrons. The van der Waals surface area contributed by atoms with Crippen LogP contribution in [0, 0.1) is 0 Å². The number of nitrogens with zero attached hydrogens (tertiary/aromatic N) is 1. The van der Waals surface area contributed by atoms with Gasteiger partial charge in [0.15, 0.2) is 0 Å². The molecule has 0 spiro atoms. The maximum atomic E-state index is 11.6. The van der Waals surface area contributed by atoms with Gasteiger partial charge in [-0.3, -0.25) is 4.79 Å². The number of nitrogens with two attached hydrogens (primary N) is 1. The van der Waals surface area contributed by atoms with E-state index >= 15 is 0 Å². The van der Waals surface area contributed by atoms with Crippen molar-refractivity contribution >= 4 is 5.82 Å². The molecule has 1 aromatic carbocycles. The third-order valence-corrected chi connectivity index (χ3v) is 3.42. The quantitative estimate of drug-likeness (QED) is 0.772. The van der Waals surface area contributed by atoms with E-state index in [1.165, 1.54) is 6.07 Å². The predicted molar refractivity (Wildman–Crippen MR) is 78.5 cm³/mol. The molecule has 4 N–H and O–H groups in total. The summed E-state index contributed by atoms with van der Waals surface area (Å²) in [4.78, 5) is 18.9. The van der Waals surface area contributed by atoms with Crippen LogP contribution in [0.5, 0.6) is 0 Å². The summed E-state index contributed by atoms with van der Waals surface area (Å²) in [6.07, 6.45) is 2.23. The molecule has 0 radical (unpaired) electrons. The Labute approximate surface area is 117 Å². The highest BCUT2D eigenvalue weighted by atomic mass is 16.1. The summed E-state index contributed by atoms with van der Waals surface area (Å²) in [5.74, 6) is 1.87. The summed E-state index contributed by atoms with van der Waals surface area (Å²) in [6, 6.07) is 9.57. The second kappa shape index (κ2) is 5.46. The second-order valence-electron chi connectivity index (χ2n) is 5.17. The lowest BCUT2D eigenvalue weighted by molar-refractivity contribution is 0.903. The van der Waals surface area contributed by atoms with Crippen molar-refractivity contribution in [3.63, 3.8) is 0 Å². The van der Waals surface area contributed by atoms with E-state index in [4.69, 9.17) is 5.73 Å². The van der Waals surface area contributed by atoms with Gasteiger partial charge in [0.2, 0.25) is 0 Å². The van der Waals surface area contributed by atoms with Crippen LogP contribution in [0.25, 0.3) is 0 Å². The van der Waals surface area contributed by atoms with E-state index in [-0.39, 0.29) is 5.56 Å². The number of benzene rings is 1. The molecule has 1 heterocycles. The monoisotopic (exact) mass is 270 g/mol. The first kappa shape index (κ1) is 12.9. The minimum atomic E-state index is -0.0971. The largest absolute Gasteiger partial charge is 0.366 e. The van der Waals surface area contributed by atoms with Gasteiger partial charge in [-0.25, -0.2) is 4.98 Å². The summed E-state index contributed by atoms with van der Waals surface area (Å²) in [5, 5.41) is 3.20. The summed E-state index contributed by atoms with van der Waals surface area (Å²) < 4.78 is 0. The molecule has 0 aliphatic heterocycles. The van der Waals surface area contributed by atoms with E-state index in [1.807, 2.05) is 18.2 Å². The molecule has 20 heavy (non-hydrogen) atoms. The molecule has 1 aromatic heterocycles. The summed E-state index contributed by atoms with van der Waals surface area (Å²) >= 11 is 0. The van der Waals surface area contributed by atoms with Gasteiger partial charge in [-0.2, -0.15) is 0 Å². The van der Waals surface area contributed by atoms with Gasteiger partial charge in [0.1, 0.15) is 11.6 Å². The summed E-state index contributed by atoms with van der Waals surface area (Å²) in [5.41, 5.74) is 7.76. The van der Waals surface area contributed by atoms with Gasteiger partial charge < -0.3 is 16.0 Å². The Balaban J connectivity index is 1.72. The van der Waals surface area contributed by atoms with Crippen LogP contribution in [0.3, 0.4) is 0 Å². The Bertz CT molecular complexity index is 661. The van der Waals surface area contributed by atoms with Crippen LogP contribution in [-0.4, -0.2) is 9.97 Å². The molecule has 0 bridgehead atoms. The van der Waals surface area contributed by atoms with Crippen molar-refractivity contribution in [1.82, 2.24) is 9.97 Å². The minimum Gasteiger partial charge on any atom is -0.366 e.